The van der Waals surface area contributed by atoms with Gasteiger partial charge in [0.15, 0.2) is 0 Å². The summed E-state index contributed by atoms with van der Waals surface area (Å²) in [4.78, 5) is 0.231. The largest absolute Gasteiger partial charge is 0.384 e. The van der Waals surface area contributed by atoms with Crippen LogP contribution in [-0.4, -0.2) is 15.0 Å². The van der Waals surface area contributed by atoms with Gasteiger partial charge in [-0.3, -0.25) is 4.72 Å². The van der Waals surface area contributed by atoms with Crippen LogP contribution in [0.15, 0.2) is 45.8 Å². The van der Waals surface area contributed by atoms with E-state index < -0.39 is 10.0 Å². The minimum Gasteiger partial charge on any atom is -0.384 e. The summed E-state index contributed by atoms with van der Waals surface area (Å²) in [6.45, 7) is 0.842. The smallest absolute Gasteiger partial charge is 0.261 e. The van der Waals surface area contributed by atoms with Gasteiger partial charge in [-0.05, 0) is 58.2 Å². The van der Waals surface area contributed by atoms with Crippen molar-refractivity contribution in [3.05, 3.63) is 51.5 Å². The van der Waals surface area contributed by atoms with Gasteiger partial charge in [0.25, 0.3) is 10.0 Å². The van der Waals surface area contributed by atoms with Crippen LogP contribution in [0.2, 0.25) is 5.02 Å². The fraction of sp³-hybridized carbons (Fsp3) is 0.143. The van der Waals surface area contributed by atoms with Crippen LogP contribution in [0.4, 0.5) is 11.4 Å². The number of halogens is 2. The third kappa shape index (κ3) is 3.02. The fourth-order valence-corrected chi connectivity index (χ4v) is 3.71. The topological polar surface area (TPSA) is 58.2 Å². The van der Waals surface area contributed by atoms with Crippen LogP contribution in [0.5, 0.6) is 0 Å². The van der Waals surface area contributed by atoms with E-state index in [1.807, 2.05) is 6.07 Å². The Bertz CT molecular complexity index is 809. The van der Waals surface area contributed by atoms with E-state index in [9.17, 15) is 8.42 Å². The number of sulfonamides is 1. The molecular formula is C14H12BrClN2O2S. The molecule has 2 N–H and O–H groups in total. The zero-order valence-corrected chi connectivity index (χ0v) is 14.0. The zero-order valence-electron chi connectivity index (χ0n) is 10.9. The number of nitrogens with one attached hydrogen (secondary N) is 2. The molecular weight excluding hydrogens is 376 g/mol. The van der Waals surface area contributed by atoms with Gasteiger partial charge in [0, 0.05) is 16.7 Å². The molecule has 0 saturated carbocycles. The predicted molar refractivity (Wildman–Crippen MR) is 88.6 cm³/mol. The number of anilines is 2. The van der Waals surface area contributed by atoms with Gasteiger partial charge in [-0.15, -0.1) is 0 Å². The molecule has 2 aromatic rings. The maximum absolute atomic E-state index is 12.4. The number of fused-ring (bicyclic) bond motifs is 1. The Morgan fingerprint density at radius 3 is 2.76 bits per heavy atom. The molecule has 0 aromatic heterocycles. The van der Waals surface area contributed by atoms with E-state index in [-0.39, 0.29) is 4.90 Å². The SMILES string of the molecule is O=S(=O)(Nc1ccc(Br)c(Cl)c1)c1ccc2c(c1)NCC2. The van der Waals surface area contributed by atoms with Gasteiger partial charge in [0.1, 0.15) is 0 Å². The highest BCUT2D eigenvalue weighted by Crippen LogP contribution is 2.29. The van der Waals surface area contributed by atoms with E-state index in [0.29, 0.717) is 15.2 Å². The van der Waals surface area contributed by atoms with E-state index in [4.69, 9.17) is 11.6 Å². The van der Waals surface area contributed by atoms with E-state index >= 15 is 0 Å². The summed E-state index contributed by atoms with van der Waals surface area (Å²) in [5.41, 5.74) is 2.45. The summed E-state index contributed by atoms with van der Waals surface area (Å²) in [5, 5.41) is 3.62. The van der Waals surface area contributed by atoms with E-state index in [1.54, 1.807) is 30.3 Å². The molecule has 21 heavy (non-hydrogen) atoms. The Hall–Kier alpha value is -1.24. The molecule has 0 fully saturated rings. The predicted octanol–water partition coefficient (Wildman–Crippen LogP) is 3.87. The fourth-order valence-electron chi connectivity index (χ4n) is 2.21. The van der Waals surface area contributed by atoms with Crippen LogP contribution in [0.25, 0.3) is 0 Å². The summed E-state index contributed by atoms with van der Waals surface area (Å²) >= 11 is 9.24. The first-order valence-corrected chi connectivity index (χ1v) is 8.96. The minimum atomic E-state index is -3.63. The zero-order chi connectivity index (χ0) is 15.0. The number of rotatable bonds is 3. The lowest BCUT2D eigenvalue weighted by Gasteiger charge is -2.10. The maximum Gasteiger partial charge on any atom is 0.261 e. The van der Waals surface area contributed by atoms with Crippen molar-refractivity contribution < 1.29 is 8.42 Å². The molecule has 0 bridgehead atoms. The van der Waals surface area contributed by atoms with Gasteiger partial charge in [-0.1, -0.05) is 17.7 Å². The first-order chi connectivity index (χ1) is 9.95. The lowest BCUT2D eigenvalue weighted by Crippen LogP contribution is -2.13. The molecule has 4 nitrogen and oxygen atoms in total. The first-order valence-electron chi connectivity index (χ1n) is 6.30. The molecule has 0 saturated heterocycles. The Morgan fingerprint density at radius 1 is 1.19 bits per heavy atom. The maximum atomic E-state index is 12.4. The summed E-state index contributed by atoms with van der Waals surface area (Å²) in [7, 11) is -3.63. The van der Waals surface area contributed by atoms with E-state index in [0.717, 1.165) is 24.2 Å². The second-order valence-corrected chi connectivity index (χ2v) is 7.67. The van der Waals surface area contributed by atoms with Crippen LogP contribution in [0.3, 0.4) is 0 Å². The Kier molecular flexibility index (Phi) is 3.86. The molecule has 7 heteroatoms. The number of hydrogen-bond donors (Lipinski definition) is 2. The normalized spacial score (nSPS) is 13.6. The van der Waals surface area contributed by atoms with Gasteiger partial charge in [-0.25, -0.2) is 8.42 Å². The molecule has 0 radical (unpaired) electrons. The molecule has 0 unspecified atom stereocenters. The highest BCUT2D eigenvalue weighted by atomic mass is 79.9. The summed E-state index contributed by atoms with van der Waals surface area (Å²) in [5.74, 6) is 0. The molecule has 1 aliphatic rings. The molecule has 1 heterocycles. The van der Waals surface area contributed by atoms with Gasteiger partial charge in [0.05, 0.1) is 15.6 Å². The Morgan fingerprint density at radius 2 is 2.00 bits per heavy atom. The molecule has 0 atom stereocenters. The third-order valence-electron chi connectivity index (χ3n) is 3.27. The Labute approximate surface area is 136 Å². The highest BCUT2D eigenvalue weighted by Gasteiger charge is 2.18. The molecule has 1 aliphatic heterocycles. The van der Waals surface area contributed by atoms with Crippen molar-refractivity contribution in [3.63, 3.8) is 0 Å². The van der Waals surface area contributed by atoms with Gasteiger partial charge in [-0.2, -0.15) is 0 Å². The second kappa shape index (κ2) is 5.51. The van der Waals surface area contributed by atoms with Crippen molar-refractivity contribution in [3.8, 4) is 0 Å². The molecule has 2 aromatic carbocycles. The van der Waals surface area contributed by atoms with Crippen molar-refractivity contribution in [2.45, 2.75) is 11.3 Å². The second-order valence-electron chi connectivity index (χ2n) is 4.73. The summed E-state index contributed by atoms with van der Waals surface area (Å²) in [6.07, 6.45) is 0.922. The molecule has 0 spiro atoms. The van der Waals surface area contributed by atoms with Crippen molar-refractivity contribution in [2.75, 3.05) is 16.6 Å². The summed E-state index contributed by atoms with van der Waals surface area (Å²) in [6, 6.07) is 10.0. The quantitative estimate of drug-likeness (QED) is 0.840. The van der Waals surface area contributed by atoms with Crippen LogP contribution < -0.4 is 10.0 Å². The van der Waals surface area contributed by atoms with Crippen molar-refractivity contribution in [2.24, 2.45) is 0 Å². The average Bonchev–Trinajstić information content (AvgIpc) is 2.90. The average molecular weight is 388 g/mol. The van der Waals surface area contributed by atoms with Crippen molar-refractivity contribution in [1.82, 2.24) is 0 Å². The van der Waals surface area contributed by atoms with Gasteiger partial charge in [0.2, 0.25) is 0 Å². The Balaban J connectivity index is 1.91. The third-order valence-corrected chi connectivity index (χ3v) is 5.88. The minimum absolute atomic E-state index is 0.231. The lowest BCUT2D eigenvalue weighted by atomic mass is 10.2. The number of hydrogen-bond acceptors (Lipinski definition) is 3. The highest BCUT2D eigenvalue weighted by molar-refractivity contribution is 9.10. The first kappa shape index (κ1) is 14.7. The monoisotopic (exact) mass is 386 g/mol. The van der Waals surface area contributed by atoms with Crippen LogP contribution in [0, 0.1) is 0 Å². The van der Waals surface area contributed by atoms with Crippen LogP contribution in [-0.2, 0) is 16.4 Å². The van der Waals surface area contributed by atoms with Crippen molar-refractivity contribution in [1.29, 1.82) is 0 Å². The standard InChI is InChI=1S/C14H12BrClN2O2S/c15-12-4-2-10(7-13(12)16)18-21(19,20)11-3-1-9-5-6-17-14(9)8-11/h1-4,7-8,17-18H,5-6H2. The van der Waals surface area contributed by atoms with Crippen LogP contribution in [0.1, 0.15) is 5.56 Å². The molecule has 110 valence electrons. The summed E-state index contributed by atoms with van der Waals surface area (Å²) < 4.78 is 28.1. The van der Waals surface area contributed by atoms with Crippen LogP contribution >= 0.6 is 27.5 Å². The lowest BCUT2D eigenvalue weighted by molar-refractivity contribution is 0.601. The van der Waals surface area contributed by atoms with E-state index in [1.165, 1.54) is 0 Å². The van der Waals surface area contributed by atoms with Gasteiger partial charge < -0.3 is 5.32 Å². The van der Waals surface area contributed by atoms with E-state index in [2.05, 4.69) is 26.0 Å². The van der Waals surface area contributed by atoms with Gasteiger partial charge >= 0.3 is 0 Å². The molecule has 0 aliphatic carbocycles. The number of benzene rings is 2. The molecule has 3 rings (SSSR count). The molecule has 0 amide bonds. The van der Waals surface area contributed by atoms with Crippen molar-refractivity contribution >= 4 is 48.9 Å².